The third kappa shape index (κ3) is 4.87. The summed E-state index contributed by atoms with van der Waals surface area (Å²) >= 11 is 3.02. The molecule has 0 aromatic carbocycles. The molecular formula is C24H29N3O3S2. The first-order chi connectivity index (χ1) is 15.5. The van der Waals surface area contributed by atoms with E-state index in [1.54, 1.807) is 11.3 Å². The highest BCUT2D eigenvalue weighted by atomic mass is 32.1. The Balaban J connectivity index is 1.59. The average Bonchev–Trinajstić information content (AvgIpc) is 3.47. The zero-order valence-corrected chi connectivity index (χ0v) is 20.4. The third-order valence-electron chi connectivity index (χ3n) is 6.24. The van der Waals surface area contributed by atoms with Gasteiger partial charge in [0, 0.05) is 28.8 Å². The zero-order valence-electron chi connectivity index (χ0n) is 18.7. The lowest BCUT2D eigenvalue weighted by atomic mass is 9.88. The molecule has 1 N–H and O–H groups in total. The molecule has 1 amide bonds. The van der Waals surface area contributed by atoms with Gasteiger partial charge < -0.3 is 10.1 Å². The number of aromatic nitrogens is 1. The molecule has 4 rings (SSSR count). The van der Waals surface area contributed by atoms with Crippen LogP contribution >= 0.6 is 22.7 Å². The first-order valence-corrected chi connectivity index (χ1v) is 12.7. The zero-order chi connectivity index (χ0) is 22.7. The van der Waals surface area contributed by atoms with Gasteiger partial charge in [0.1, 0.15) is 9.71 Å². The van der Waals surface area contributed by atoms with Crippen LogP contribution in [0.5, 0.6) is 0 Å². The molecule has 1 aliphatic rings. The molecule has 8 heteroatoms. The Morgan fingerprint density at radius 1 is 1.25 bits per heavy atom. The Kier molecular flexibility index (Phi) is 7.23. The van der Waals surface area contributed by atoms with E-state index >= 15 is 0 Å². The van der Waals surface area contributed by atoms with Crippen molar-refractivity contribution >= 4 is 50.5 Å². The molecule has 0 spiro atoms. The van der Waals surface area contributed by atoms with Gasteiger partial charge in [0.25, 0.3) is 0 Å². The number of ether oxygens (including phenoxy) is 1. The van der Waals surface area contributed by atoms with Gasteiger partial charge in [-0.15, -0.1) is 22.7 Å². The van der Waals surface area contributed by atoms with E-state index in [4.69, 9.17) is 9.72 Å². The van der Waals surface area contributed by atoms with Crippen molar-refractivity contribution in [3.63, 3.8) is 0 Å². The molecule has 3 aromatic heterocycles. The number of nitrogens with zero attached hydrogens (tertiary/aromatic N) is 2. The van der Waals surface area contributed by atoms with Crippen LogP contribution in [0.4, 0.5) is 5.69 Å². The first kappa shape index (κ1) is 22.9. The van der Waals surface area contributed by atoms with Crippen molar-refractivity contribution in [3.05, 3.63) is 45.1 Å². The molecule has 0 radical (unpaired) electrons. The number of hydrogen-bond acceptors (Lipinski definition) is 7. The van der Waals surface area contributed by atoms with Crippen LogP contribution < -0.4 is 5.32 Å². The van der Waals surface area contributed by atoms with E-state index in [-0.39, 0.29) is 17.9 Å². The van der Waals surface area contributed by atoms with Crippen LogP contribution in [0.25, 0.3) is 10.2 Å². The second kappa shape index (κ2) is 10.1. The van der Waals surface area contributed by atoms with E-state index in [1.807, 2.05) is 12.1 Å². The van der Waals surface area contributed by atoms with Crippen molar-refractivity contribution in [3.8, 4) is 0 Å². The molecule has 0 saturated heterocycles. The minimum atomic E-state index is -0.447. The molecule has 1 unspecified atom stereocenters. The molecular weight excluding hydrogens is 442 g/mol. The standard InChI is InChI=1S/C24H29N3O3S2/c1-15(19-10-7-13-31-19)27(2)14-17-11-12-18-20(21(24(29)30-3)32-23(18)25-17)26-22(28)16-8-5-4-6-9-16/h7,10-13,15-16H,4-6,8-9,14H2,1-3H3,(H,26,28). The summed E-state index contributed by atoms with van der Waals surface area (Å²) in [6.45, 7) is 2.87. The Morgan fingerprint density at radius 2 is 2.03 bits per heavy atom. The lowest BCUT2D eigenvalue weighted by Crippen LogP contribution is -2.25. The molecule has 1 aliphatic carbocycles. The number of carbonyl (C=O) groups is 2. The van der Waals surface area contributed by atoms with Crippen molar-refractivity contribution in [1.82, 2.24) is 9.88 Å². The van der Waals surface area contributed by atoms with Gasteiger partial charge in [-0.05, 0) is 50.4 Å². The highest BCUT2D eigenvalue weighted by Crippen LogP contribution is 2.37. The number of fused-ring (bicyclic) bond motifs is 1. The average molecular weight is 472 g/mol. The summed E-state index contributed by atoms with van der Waals surface area (Å²) in [6.07, 6.45) is 5.14. The number of amides is 1. The maximum Gasteiger partial charge on any atom is 0.350 e. The fraction of sp³-hybridized carbons (Fsp3) is 0.458. The van der Waals surface area contributed by atoms with Crippen molar-refractivity contribution in [1.29, 1.82) is 0 Å². The van der Waals surface area contributed by atoms with Gasteiger partial charge in [0.05, 0.1) is 18.5 Å². The minimum absolute atomic E-state index is 0.00354. The van der Waals surface area contributed by atoms with Crippen LogP contribution in [0.15, 0.2) is 29.6 Å². The number of pyridine rings is 1. The topological polar surface area (TPSA) is 71.5 Å². The van der Waals surface area contributed by atoms with E-state index in [9.17, 15) is 9.59 Å². The predicted octanol–water partition coefficient (Wildman–Crippen LogP) is 5.86. The normalized spacial score (nSPS) is 15.8. The van der Waals surface area contributed by atoms with Gasteiger partial charge in [0.15, 0.2) is 0 Å². The van der Waals surface area contributed by atoms with Crippen LogP contribution in [0, 0.1) is 5.92 Å². The van der Waals surface area contributed by atoms with Gasteiger partial charge in [-0.1, -0.05) is 25.3 Å². The maximum absolute atomic E-state index is 12.9. The van der Waals surface area contributed by atoms with Crippen molar-refractivity contribution < 1.29 is 14.3 Å². The number of thiophene rings is 2. The van der Waals surface area contributed by atoms with E-state index in [0.717, 1.165) is 41.6 Å². The van der Waals surface area contributed by atoms with E-state index < -0.39 is 5.97 Å². The van der Waals surface area contributed by atoms with E-state index in [2.05, 4.69) is 41.7 Å². The van der Waals surface area contributed by atoms with Gasteiger partial charge in [-0.2, -0.15) is 0 Å². The van der Waals surface area contributed by atoms with Gasteiger partial charge in [0.2, 0.25) is 5.91 Å². The first-order valence-electron chi connectivity index (χ1n) is 11.0. The summed E-state index contributed by atoms with van der Waals surface area (Å²) < 4.78 is 4.99. The van der Waals surface area contributed by atoms with Crippen LogP contribution in [0.3, 0.4) is 0 Å². The maximum atomic E-state index is 12.9. The van der Waals surface area contributed by atoms with Gasteiger partial charge in [-0.3, -0.25) is 9.69 Å². The predicted molar refractivity (Wildman–Crippen MR) is 130 cm³/mol. The Bertz CT molecular complexity index is 1090. The molecule has 1 saturated carbocycles. The van der Waals surface area contributed by atoms with Crippen LogP contribution in [0.2, 0.25) is 0 Å². The van der Waals surface area contributed by atoms with Crippen molar-refractivity contribution in [2.24, 2.45) is 5.92 Å². The quantitative estimate of drug-likeness (QED) is 0.437. The number of esters is 1. The number of methoxy groups -OCH3 is 1. The van der Waals surface area contributed by atoms with Crippen LogP contribution in [-0.2, 0) is 16.1 Å². The molecule has 3 heterocycles. The number of hydrogen-bond donors (Lipinski definition) is 1. The highest BCUT2D eigenvalue weighted by Gasteiger charge is 2.26. The second-order valence-electron chi connectivity index (χ2n) is 8.38. The van der Waals surface area contributed by atoms with Crippen molar-refractivity contribution in [2.45, 2.75) is 51.6 Å². The number of carbonyl (C=O) groups excluding carboxylic acids is 2. The highest BCUT2D eigenvalue weighted by molar-refractivity contribution is 7.21. The van der Waals surface area contributed by atoms with Crippen LogP contribution in [-0.4, -0.2) is 35.9 Å². The summed E-state index contributed by atoms with van der Waals surface area (Å²) in [4.78, 5) is 34.8. The molecule has 0 aliphatic heterocycles. The fourth-order valence-corrected chi connectivity index (χ4v) is 6.11. The van der Waals surface area contributed by atoms with E-state index in [1.165, 1.54) is 29.7 Å². The second-order valence-corrected chi connectivity index (χ2v) is 10.4. The lowest BCUT2D eigenvalue weighted by Gasteiger charge is -2.23. The summed E-state index contributed by atoms with van der Waals surface area (Å²) in [5.74, 6) is -0.455. The summed E-state index contributed by atoms with van der Waals surface area (Å²) in [5.41, 5.74) is 1.46. The Hall–Kier alpha value is -2.29. The number of nitrogens with one attached hydrogen (secondary N) is 1. The van der Waals surface area contributed by atoms with Gasteiger partial charge >= 0.3 is 5.97 Å². The largest absolute Gasteiger partial charge is 0.465 e. The number of anilines is 1. The lowest BCUT2D eigenvalue weighted by molar-refractivity contribution is -0.120. The smallest absolute Gasteiger partial charge is 0.350 e. The molecule has 0 bridgehead atoms. The number of rotatable bonds is 7. The SMILES string of the molecule is COC(=O)c1sc2nc(CN(C)C(C)c3cccs3)ccc2c1NC(=O)C1CCCCC1. The monoisotopic (exact) mass is 471 g/mol. The van der Waals surface area contributed by atoms with Crippen LogP contribution in [0.1, 0.15) is 65.3 Å². The van der Waals surface area contributed by atoms with E-state index in [0.29, 0.717) is 17.1 Å². The fourth-order valence-electron chi connectivity index (χ4n) is 4.19. The molecule has 32 heavy (non-hydrogen) atoms. The summed E-state index contributed by atoms with van der Waals surface area (Å²) in [5, 5.41) is 5.92. The van der Waals surface area contributed by atoms with Gasteiger partial charge in [-0.25, -0.2) is 9.78 Å². The molecule has 1 atom stereocenters. The molecule has 3 aromatic rings. The third-order valence-corrected chi connectivity index (χ3v) is 8.36. The summed E-state index contributed by atoms with van der Waals surface area (Å²) in [7, 11) is 3.44. The Labute approximate surface area is 196 Å². The van der Waals surface area contributed by atoms with Crippen molar-refractivity contribution in [2.75, 3.05) is 19.5 Å². The Morgan fingerprint density at radius 3 is 2.72 bits per heavy atom. The molecule has 6 nitrogen and oxygen atoms in total. The molecule has 170 valence electrons. The minimum Gasteiger partial charge on any atom is -0.465 e. The summed E-state index contributed by atoms with van der Waals surface area (Å²) in [6, 6.07) is 8.43. The molecule has 1 fully saturated rings.